The number of carbonyl (C=O) groups excluding carboxylic acids is 1. The predicted molar refractivity (Wildman–Crippen MR) is 115 cm³/mol. The number of halogens is 1. The van der Waals surface area contributed by atoms with Crippen LogP contribution in [0.15, 0.2) is 22.8 Å². The second-order valence-electron chi connectivity index (χ2n) is 9.60. The van der Waals surface area contributed by atoms with Gasteiger partial charge in [0.2, 0.25) is 5.88 Å². The number of likely N-dealkylation sites (tertiary alicyclic amines) is 1. The molecule has 1 aromatic heterocycles. The number of carbonyl (C=O) groups is 1. The molecule has 1 aromatic rings. The van der Waals surface area contributed by atoms with Crippen LogP contribution in [0.2, 0.25) is 0 Å². The molecule has 1 aliphatic heterocycles. The lowest BCUT2D eigenvalue weighted by Crippen LogP contribution is -2.48. The zero-order valence-corrected chi connectivity index (χ0v) is 19.3. The van der Waals surface area contributed by atoms with Crippen LogP contribution in [0.1, 0.15) is 65.7 Å². The Balaban J connectivity index is 1.43. The maximum atomic E-state index is 12.3. The molecule has 3 rings (SSSR count). The molecule has 0 atom stereocenters. The number of rotatable bonds is 4. The molecule has 1 saturated carbocycles. The summed E-state index contributed by atoms with van der Waals surface area (Å²) in [5.74, 6) is 0.574. The number of nitrogens with zero attached hydrogens (tertiary/aromatic N) is 2. The minimum Gasteiger partial charge on any atom is -0.478 e. The van der Waals surface area contributed by atoms with E-state index < -0.39 is 11.2 Å². The fraction of sp³-hybridized carbons (Fsp3) is 0.727. The van der Waals surface area contributed by atoms with E-state index in [0.717, 1.165) is 56.1 Å². The topological polar surface area (TPSA) is 71.9 Å². The molecule has 7 heteroatoms. The first-order valence-electron chi connectivity index (χ1n) is 10.5. The number of ether oxygens (including phenoxy) is 2. The molecule has 0 aromatic carbocycles. The molecule has 29 heavy (non-hydrogen) atoms. The van der Waals surface area contributed by atoms with Crippen molar-refractivity contribution in [2.45, 2.75) is 76.9 Å². The quantitative estimate of drug-likeness (QED) is 0.677. The van der Waals surface area contributed by atoms with Crippen LogP contribution < -0.4 is 4.74 Å². The first-order chi connectivity index (χ1) is 13.6. The number of hydrogen-bond donors (Lipinski definition) is 1. The van der Waals surface area contributed by atoms with Gasteiger partial charge in [-0.15, -0.1) is 0 Å². The van der Waals surface area contributed by atoms with Gasteiger partial charge in [-0.3, -0.25) is 0 Å². The van der Waals surface area contributed by atoms with Crippen LogP contribution >= 0.6 is 15.9 Å². The molecule has 0 radical (unpaired) electrons. The SMILES string of the molecule is CC(C)(C)OC(=O)N1CCC2(CC1)CCC(O)(CCOc1cc(Br)ccn1)CC2. The molecule has 2 heterocycles. The van der Waals surface area contributed by atoms with Gasteiger partial charge in [-0.1, -0.05) is 15.9 Å². The lowest BCUT2D eigenvalue weighted by molar-refractivity contribution is -0.0637. The smallest absolute Gasteiger partial charge is 0.410 e. The number of hydrogen-bond acceptors (Lipinski definition) is 5. The molecular formula is C22H33BrN2O4. The average molecular weight is 469 g/mol. The summed E-state index contributed by atoms with van der Waals surface area (Å²) < 4.78 is 12.1. The number of amides is 1. The molecule has 1 spiro atoms. The van der Waals surface area contributed by atoms with Crippen molar-refractivity contribution in [2.75, 3.05) is 19.7 Å². The standard InChI is InChI=1S/C22H33BrN2O4/c1-20(2,3)29-19(26)25-13-9-21(10-14-25)5-7-22(27,8-6-21)11-15-28-18-16-17(23)4-12-24-18/h4,12,16,27H,5-11,13-15H2,1-3H3. The monoisotopic (exact) mass is 468 g/mol. The predicted octanol–water partition coefficient (Wildman–Crippen LogP) is 4.94. The van der Waals surface area contributed by atoms with Crippen LogP contribution in [0.3, 0.4) is 0 Å². The average Bonchev–Trinajstić information content (AvgIpc) is 2.64. The Bertz CT molecular complexity index is 701. The van der Waals surface area contributed by atoms with E-state index in [-0.39, 0.29) is 11.5 Å². The third kappa shape index (κ3) is 6.32. The number of aromatic nitrogens is 1. The van der Waals surface area contributed by atoms with E-state index in [2.05, 4.69) is 20.9 Å². The lowest BCUT2D eigenvalue weighted by atomic mass is 9.63. The third-order valence-electron chi connectivity index (χ3n) is 6.23. The summed E-state index contributed by atoms with van der Waals surface area (Å²) in [7, 11) is 0. The Morgan fingerprint density at radius 2 is 1.86 bits per heavy atom. The first kappa shape index (κ1) is 22.3. The van der Waals surface area contributed by atoms with E-state index in [9.17, 15) is 9.90 Å². The number of pyridine rings is 1. The molecule has 1 saturated heterocycles. The van der Waals surface area contributed by atoms with Gasteiger partial charge in [0.05, 0.1) is 12.2 Å². The van der Waals surface area contributed by atoms with Crippen molar-refractivity contribution >= 4 is 22.0 Å². The summed E-state index contributed by atoms with van der Waals surface area (Å²) in [6, 6.07) is 3.69. The van der Waals surface area contributed by atoms with Crippen LogP contribution in [-0.2, 0) is 4.74 Å². The molecule has 0 unspecified atom stereocenters. The van der Waals surface area contributed by atoms with Crippen molar-refractivity contribution in [1.82, 2.24) is 9.88 Å². The summed E-state index contributed by atoms with van der Waals surface area (Å²) in [5, 5.41) is 11.0. The van der Waals surface area contributed by atoms with Gasteiger partial charge in [0, 0.05) is 36.2 Å². The maximum absolute atomic E-state index is 12.3. The number of aliphatic hydroxyl groups is 1. The van der Waals surface area contributed by atoms with E-state index in [4.69, 9.17) is 9.47 Å². The summed E-state index contributed by atoms with van der Waals surface area (Å²) >= 11 is 3.41. The van der Waals surface area contributed by atoms with Crippen molar-refractivity contribution in [3.63, 3.8) is 0 Å². The van der Waals surface area contributed by atoms with E-state index in [1.54, 1.807) is 6.20 Å². The Labute approximate surface area is 182 Å². The normalized spacial score (nSPS) is 21.1. The summed E-state index contributed by atoms with van der Waals surface area (Å²) in [6.45, 7) is 7.63. The van der Waals surface area contributed by atoms with Crippen molar-refractivity contribution in [3.05, 3.63) is 22.8 Å². The minimum atomic E-state index is -0.667. The van der Waals surface area contributed by atoms with Crippen LogP contribution in [0.5, 0.6) is 5.88 Å². The first-order valence-corrected chi connectivity index (χ1v) is 11.3. The van der Waals surface area contributed by atoms with Crippen LogP contribution in [0, 0.1) is 5.41 Å². The van der Waals surface area contributed by atoms with Crippen molar-refractivity contribution < 1.29 is 19.4 Å². The Hall–Kier alpha value is -1.34. The minimum absolute atomic E-state index is 0.210. The summed E-state index contributed by atoms with van der Waals surface area (Å²) in [5.41, 5.74) is -0.877. The van der Waals surface area contributed by atoms with Crippen molar-refractivity contribution in [1.29, 1.82) is 0 Å². The van der Waals surface area contributed by atoms with Gasteiger partial charge in [-0.2, -0.15) is 0 Å². The molecule has 0 bridgehead atoms. The van der Waals surface area contributed by atoms with Crippen LogP contribution in [0.4, 0.5) is 4.79 Å². The zero-order chi connectivity index (χ0) is 21.1. The fourth-order valence-corrected chi connectivity index (χ4v) is 4.61. The maximum Gasteiger partial charge on any atom is 0.410 e. The largest absolute Gasteiger partial charge is 0.478 e. The highest BCUT2D eigenvalue weighted by Gasteiger charge is 2.44. The zero-order valence-electron chi connectivity index (χ0n) is 17.7. The van der Waals surface area contributed by atoms with E-state index in [1.165, 1.54) is 0 Å². The highest BCUT2D eigenvalue weighted by atomic mass is 79.9. The van der Waals surface area contributed by atoms with Gasteiger partial charge < -0.3 is 19.5 Å². The van der Waals surface area contributed by atoms with Gasteiger partial charge >= 0.3 is 6.09 Å². The van der Waals surface area contributed by atoms with Gasteiger partial charge in [0.15, 0.2) is 0 Å². The molecule has 2 fully saturated rings. The second-order valence-corrected chi connectivity index (χ2v) is 10.5. The Kier molecular flexibility index (Phi) is 6.78. The van der Waals surface area contributed by atoms with Crippen molar-refractivity contribution in [3.8, 4) is 5.88 Å². The second kappa shape index (κ2) is 8.80. The van der Waals surface area contributed by atoms with Gasteiger partial charge in [0.1, 0.15) is 5.60 Å². The van der Waals surface area contributed by atoms with Crippen molar-refractivity contribution in [2.24, 2.45) is 5.41 Å². The summed E-state index contributed by atoms with van der Waals surface area (Å²) in [4.78, 5) is 18.3. The fourth-order valence-electron chi connectivity index (χ4n) is 4.30. The van der Waals surface area contributed by atoms with Gasteiger partial charge in [-0.25, -0.2) is 9.78 Å². The lowest BCUT2D eigenvalue weighted by Gasteiger charge is -2.48. The molecule has 1 amide bonds. The van der Waals surface area contributed by atoms with Crippen LogP contribution in [0.25, 0.3) is 0 Å². The Morgan fingerprint density at radius 1 is 1.21 bits per heavy atom. The molecule has 2 aliphatic rings. The molecule has 162 valence electrons. The van der Waals surface area contributed by atoms with Gasteiger partial charge in [-0.05, 0) is 70.8 Å². The van der Waals surface area contributed by atoms with Gasteiger partial charge in [0.25, 0.3) is 0 Å². The molecule has 1 aliphatic carbocycles. The van der Waals surface area contributed by atoms with Crippen LogP contribution in [-0.4, -0.2) is 52.0 Å². The number of piperidine rings is 1. The molecule has 1 N–H and O–H groups in total. The highest BCUT2D eigenvalue weighted by Crippen LogP contribution is 2.48. The summed E-state index contributed by atoms with van der Waals surface area (Å²) in [6.07, 6.45) is 7.65. The molecule has 6 nitrogen and oxygen atoms in total. The van der Waals surface area contributed by atoms with E-state index in [1.807, 2.05) is 37.8 Å². The van der Waals surface area contributed by atoms with E-state index >= 15 is 0 Å². The van der Waals surface area contributed by atoms with E-state index in [0.29, 0.717) is 18.9 Å². The molecular weight excluding hydrogens is 436 g/mol. The Morgan fingerprint density at radius 3 is 2.45 bits per heavy atom. The third-order valence-corrected chi connectivity index (χ3v) is 6.72. The highest BCUT2D eigenvalue weighted by molar-refractivity contribution is 9.10.